The zero-order chi connectivity index (χ0) is 10.8. The molecule has 82 valence electrons. The van der Waals surface area contributed by atoms with Crippen molar-refractivity contribution in [1.82, 2.24) is 5.32 Å². The molecule has 2 rings (SSSR count). The topological polar surface area (TPSA) is 42.2 Å². The summed E-state index contributed by atoms with van der Waals surface area (Å²) in [4.78, 5) is 11.7. The van der Waals surface area contributed by atoms with Gasteiger partial charge in [-0.25, -0.2) is 0 Å². The molecule has 1 aliphatic carbocycles. The third kappa shape index (κ3) is 2.34. The second-order valence-corrected chi connectivity index (χ2v) is 4.32. The summed E-state index contributed by atoms with van der Waals surface area (Å²) in [6.07, 6.45) is 4.87. The quantitative estimate of drug-likeness (QED) is 0.860. The summed E-state index contributed by atoms with van der Waals surface area (Å²) in [6.45, 7) is 2.16. The first-order valence-electron chi connectivity index (χ1n) is 5.26. The summed E-state index contributed by atoms with van der Waals surface area (Å²) >= 11 is 5.71. The van der Waals surface area contributed by atoms with E-state index in [9.17, 15) is 4.79 Å². The molecule has 2 unspecified atom stereocenters. The molecule has 0 aliphatic heterocycles. The Labute approximate surface area is 93.8 Å². The van der Waals surface area contributed by atoms with E-state index in [-0.39, 0.29) is 11.1 Å². The molecular formula is C11H14ClNO2. The van der Waals surface area contributed by atoms with Crippen molar-refractivity contribution in [3.05, 3.63) is 23.1 Å². The minimum absolute atomic E-state index is 0.127. The van der Waals surface area contributed by atoms with Crippen molar-refractivity contribution in [2.75, 3.05) is 0 Å². The van der Waals surface area contributed by atoms with Crippen LogP contribution >= 0.6 is 11.6 Å². The Morgan fingerprint density at radius 1 is 1.73 bits per heavy atom. The number of furan rings is 1. The molecule has 1 aromatic rings. The minimum atomic E-state index is -0.127. The molecule has 1 aromatic heterocycles. The van der Waals surface area contributed by atoms with Crippen LogP contribution in [0.1, 0.15) is 36.5 Å². The summed E-state index contributed by atoms with van der Waals surface area (Å²) in [7, 11) is 0. The van der Waals surface area contributed by atoms with Gasteiger partial charge in [-0.15, -0.1) is 0 Å². The molecule has 1 fully saturated rings. The van der Waals surface area contributed by atoms with Crippen molar-refractivity contribution in [2.45, 2.75) is 32.2 Å². The van der Waals surface area contributed by atoms with Crippen molar-refractivity contribution in [2.24, 2.45) is 5.92 Å². The fourth-order valence-electron chi connectivity index (χ4n) is 1.82. The summed E-state index contributed by atoms with van der Waals surface area (Å²) in [5.74, 6) is 0.530. The number of rotatable bonds is 4. The summed E-state index contributed by atoms with van der Waals surface area (Å²) in [5, 5.41) is 3.12. The van der Waals surface area contributed by atoms with E-state index in [1.54, 1.807) is 6.07 Å². The number of halogens is 1. The van der Waals surface area contributed by atoms with Crippen LogP contribution in [0, 0.1) is 5.92 Å². The van der Waals surface area contributed by atoms with Crippen LogP contribution in [0.3, 0.4) is 0 Å². The Kier molecular flexibility index (Phi) is 3.00. The minimum Gasteiger partial charge on any atom is -0.452 e. The third-order valence-electron chi connectivity index (χ3n) is 2.76. The van der Waals surface area contributed by atoms with E-state index in [1.165, 1.54) is 19.1 Å². The van der Waals surface area contributed by atoms with Crippen molar-refractivity contribution in [3.8, 4) is 0 Å². The van der Waals surface area contributed by atoms with E-state index < -0.39 is 0 Å². The third-order valence-corrected chi connectivity index (χ3v) is 3.05. The predicted molar refractivity (Wildman–Crippen MR) is 58.0 cm³/mol. The highest BCUT2D eigenvalue weighted by atomic mass is 35.5. The predicted octanol–water partition coefficient (Wildman–Crippen LogP) is 2.85. The van der Waals surface area contributed by atoms with Gasteiger partial charge in [0.25, 0.3) is 5.91 Å². The Hall–Kier alpha value is -0.960. The largest absolute Gasteiger partial charge is 0.452 e. The van der Waals surface area contributed by atoms with Crippen LogP contribution in [-0.2, 0) is 0 Å². The van der Waals surface area contributed by atoms with Crippen LogP contribution in [0.15, 0.2) is 16.7 Å². The van der Waals surface area contributed by atoms with Crippen LogP contribution in [0.2, 0.25) is 5.22 Å². The SMILES string of the molecule is CCCC1CC1NC(=O)c1ccoc1Cl. The molecule has 0 bridgehead atoms. The normalized spacial score (nSPS) is 23.9. The van der Waals surface area contributed by atoms with Crippen molar-refractivity contribution < 1.29 is 9.21 Å². The number of carbonyl (C=O) groups is 1. The lowest BCUT2D eigenvalue weighted by atomic mass is 10.2. The lowest BCUT2D eigenvalue weighted by Gasteiger charge is -2.02. The van der Waals surface area contributed by atoms with Gasteiger partial charge in [-0.3, -0.25) is 4.79 Å². The van der Waals surface area contributed by atoms with Gasteiger partial charge < -0.3 is 9.73 Å². The van der Waals surface area contributed by atoms with Gasteiger partial charge in [0, 0.05) is 6.04 Å². The van der Waals surface area contributed by atoms with Crippen LogP contribution < -0.4 is 5.32 Å². The Morgan fingerprint density at radius 3 is 3.13 bits per heavy atom. The van der Waals surface area contributed by atoms with Gasteiger partial charge in [-0.2, -0.15) is 0 Å². The van der Waals surface area contributed by atoms with Gasteiger partial charge in [0.15, 0.2) is 0 Å². The summed E-state index contributed by atoms with van der Waals surface area (Å²) < 4.78 is 4.87. The van der Waals surface area contributed by atoms with Crippen LogP contribution in [0.4, 0.5) is 0 Å². The monoisotopic (exact) mass is 227 g/mol. The van der Waals surface area contributed by atoms with Gasteiger partial charge in [-0.05, 0) is 36.4 Å². The molecule has 0 aromatic carbocycles. The number of hydrogen-bond acceptors (Lipinski definition) is 2. The van der Waals surface area contributed by atoms with Gasteiger partial charge >= 0.3 is 0 Å². The molecule has 0 radical (unpaired) electrons. The van der Waals surface area contributed by atoms with Gasteiger partial charge in [0.05, 0.1) is 11.8 Å². The summed E-state index contributed by atoms with van der Waals surface area (Å²) in [6, 6.07) is 1.93. The maximum atomic E-state index is 11.7. The van der Waals surface area contributed by atoms with Crippen molar-refractivity contribution in [3.63, 3.8) is 0 Å². The first-order valence-corrected chi connectivity index (χ1v) is 5.64. The average molecular weight is 228 g/mol. The fourth-order valence-corrected chi connectivity index (χ4v) is 2.02. The number of amides is 1. The van der Waals surface area contributed by atoms with E-state index >= 15 is 0 Å². The molecule has 0 saturated heterocycles. The molecular weight excluding hydrogens is 214 g/mol. The number of nitrogens with one attached hydrogen (secondary N) is 1. The number of hydrogen-bond donors (Lipinski definition) is 1. The highest BCUT2D eigenvalue weighted by Crippen LogP contribution is 2.34. The Morgan fingerprint density at radius 2 is 2.53 bits per heavy atom. The highest BCUT2D eigenvalue weighted by molar-refractivity contribution is 6.32. The Bertz CT molecular complexity index is 361. The molecule has 3 nitrogen and oxygen atoms in total. The van der Waals surface area contributed by atoms with Crippen LogP contribution in [0.25, 0.3) is 0 Å². The molecule has 1 heterocycles. The molecule has 1 amide bonds. The lowest BCUT2D eigenvalue weighted by Crippen LogP contribution is -2.26. The molecule has 1 N–H and O–H groups in total. The molecule has 15 heavy (non-hydrogen) atoms. The summed E-state index contributed by atoms with van der Waals surface area (Å²) in [5.41, 5.74) is 0.429. The van der Waals surface area contributed by atoms with Gasteiger partial charge in [0.2, 0.25) is 5.22 Å². The second-order valence-electron chi connectivity index (χ2n) is 3.97. The molecule has 1 saturated carbocycles. The average Bonchev–Trinajstić information content (AvgIpc) is 2.76. The maximum absolute atomic E-state index is 11.7. The zero-order valence-corrected chi connectivity index (χ0v) is 9.38. The van der Waals surface area contributed by atoms with E-state index in [2.05, 4.69) is 12.2 Å². The molecule has 1 aliphatic rings. The van der Waals surface area contributed by atoms with Crippen molar-refractivity contribution in [1.29, 1.82) is 0 Å². The standard InChI is InChI=1S/C11H14ClNO2/c1-2-3-7-6-9(7)13-11(14)8-4-5-15-10(8)12/h4-5,7,9H,2-3,6H2,1H3,(H,13,14). The maximum Gasteiger partial charge on any atom is 0.256 e. The van der Waals surface area contributed by atoms with E-state index in [1.807, 2.05) is 0 Å². The highest BCUT2D eigenvalue weighted by Gasteiger charge is 2.37. The van der Waals surface area contributed by atoms with Gasteiger partial charge in [-0.1, -0.05) is 13.3 Å². The Balaban J connectivity index is 1.87. The number of carbonyl (C=O) groups excluding carboxylic acids is 1. The van der Waals surface area contributed by atoms with Crippen molar-refractivity contribution >= 4 is 17.5 Å². The van der Waals surface area contributed by atoms with Crippen LogP contribution in [0.5, 0.6) is 0 Å². The first kappa shape index (κ1) is 10.6. The lowest BCUT2D eigenvalue weighted by molar-refractivity contribution is 0.0948. The van der Waals surface area contributed by atoms with Gasteiger partial charge in [0.1, 0.15) is 0 Å². The fraction of sp³-hybridized carbons (Fsp3) is 0.545. The first-order chi connectivity index (χ1) is 7.22. The van der Waals surface area contributed by atoms with E-state index in [4.69, 9.17) is 16.0 Å². The van der Waals surface area contributed by atoms with Crippen LogP contribution in [-0.4, -0.2) is 11.9 Å². The molecule has 4 heteroatoms. The molecule has 0 spiro atoms. The second kappa shape index (κ2) is 4.27. The smallest absolute Gasteiger partial charge is 0.256 e. The molecule has 2 atom stereocenters. The van der Waals surface area contributed by atoms with E-state index in [0.717, 1.165) is 6.42 Å². The van der Waals surface area contributed by atoms with E-state index in [0.29, 0.717) is 17.5 Å². The zero-order valence-electron chi connectivity index (χ0n) is 8.63.